The number of carbonyl (C=O) groups excluding carboxylic acids is 1. The molecule has 29 heavy (non-hydrogen) atoms. The molecule has 0 aromatic heterocycles. The summed E-state index contributed by atoms with van der Waals surface area (Å²) in [4.78, 5) is 11.5. The molecule has 0 amide bonds. The molecule has 0 rings (SSSR count). The fourth-order valence-electron chi connectivity index (χ4n) is 3.16. The highest BCUT2D eigenvalue weighted by Crippen LogP contribution is 2.19. The molecular weight excluding hydrogens is 409 g/mol. The van der Waals surface area contributed by atoms with Crippen LogP contribution >= 0.6 is 0 Å². The Bertz CT molecular complexity index is 521. The predicted octanol–water partition coefficient (Wildman–Crippen LogP) is 6.22. The summed E-state index contributed by atoms with van der Waals surface area (Å²) in [6.07, 6.45) is 10.4. The van der Waals surface area contributed by atoms with Crippen molar-refractivity contribution in [3.8, 4) is 0 Å². The van der Waals surface area contributed by atoms with Gasteiger partial charge in [0, 0.05) is 0 Å². The third-order valence-electron chi connectivity index (χ3n) is 4.82. The van der Waals surface area contributed by atoms with Crippen LogP contribution in [0.1, 0.15) is 103 Å². The topological polar surface area (TPSA) is 80.7 Å². The molecule has 0 aromatic rings. The maximum Gasteiger partial charge on any atom is 0.422 e. The van der Waals surface area contributed by atoms with Gasteiger partial charge in [-0.2, -0.15) is 21.6 Å². The molecule has 1 unspecified atom stereocenters. The summed E-state index contributed by atoms with van der Waals surface area (Å²) in [5, 5.41) is -1.96. The first-order chi connectivity index (χ1) is 13.6. The van der Waals surface area contributed by atoms with Crippen molar-refractivity contribution in [3.05, 3.63) is 0 Å². The van der Waals surface area contributed by atoms with E-state index in [0.717, 1.165) is 25.7 Å². The van der Waals surface area contributed by atoms with E-state index in [9.17, 15) is 26.4 Å². The maximum absolute atomic E-state index is 12.1. The van der Waals surface area contributed by atoms with Gasteiger partial charge in [-0.15, -0.1) is 0 Å². The third-order valence-corrected chi connectivity index (χ3v) is 5.97. The number of hydrogen-bond donors (Lipinski definition) is 1. The first-order valence-corrected chi connectivity index (χ1v) is 12.3. The monoisotopic (exact) mass is 446 g/mol. The molecule has 0 bridgehead atoms. The summed E-state index contributed by atoms with van der Waals surface area (Å²) in [5.41, 5.74) is 0. The SMILES string of the molecule is CCCCCCCCCCCCCCCCC(C(=O)OCC(F)(F)F)S(=O)(=O)O. The zero-order chi connectivity index (χ0) is 22.2. The Morgan fingerprint density at radius 1 is 0.828 bits per heavy atom. The minimum Gasteiger partial charge on any atom is -0.455 e. The van der Waals surface area contributed by atoms with E-state index in [1.807, 2.05) is 0 Å². The Morgan fingerprint density at radius 3 is 1.55 bits per heavy atom. The first kappa shape index (κ1) is 28.2. The van der Waals surface area contributed by atoms with Crippen molar-refractivity contribution < 1.29 is 35.7 Å². The molecule has 0 radical (unpaired) electrons. The minimum absolute atomic E-state index is 0.243. The molecular formula is C20H37F3O5S. The van der Waals surface area contributed by atoms with Crippen molar-refractivity contribution in [2.24, 2.45) is 0 Å². The molecule has 0 aliphatic rings. The van der Waals surface area contributed by atoms with Gasteiger partial charge in [0.05, 0.1) is 0 Å². The van der Waals surface area contributed by atoms with E-state index in [1.54, 1.807) is 0 Å². The molecule has 0 aliphatic heterocycles. The van der Waals surface area contributed by atoms with E-state index in [4.69, 9.17) is 4.55 Å². The summed E-state index contributed by atoms with van der Waals surface area (Å²) >= 11 is 0. The zero-order valence-corrected chi connectivity index (χ0v) is 18.3. The lowest BCUT2D eigenvalue weighted by molar-refractivity contribution is -0.186. The molecule has 0 aliphatic carbocycles. The Kier molecular flexibility index (Phi) is 15.5. The van der Waals surface area contributed by atoms with Gasteiger partial charge in [0.2, 0.25) is 0 Å². The van der Waals surface area contributed by atoms with Gasteiger partial charge < -0.3 is 4.74 Å². The van der Waals surface area contributed by atoms with Crippen LogP contribution in [0.3, 0.4) is 0 Å². The Hall–Kier alpha value is -0.830. The Balaban J connectivity index is 3.77. The standard InChI is InChI=1S/C20H37F3O5S/c1-2-3-4-5-6-7-8-9-10-11-12-13-14-15-16-18(29(25,26)27)19(24)28-17-20(21,22)23/h18H,2-17H2,1H3,(H,25,26,27). The molecule has 0 heterocycles. The molecule has 1 atom stereocenters. The van der Waals surface area contributed by atoms with Crippen molar-refractivity contribution in [3.63, 3.8) is 0 Å². The predicted molar refractivity (Wildman–Crippen MR) is 107 cm³/mol. The highest BCUT2D eigenvalue weighted by Gasteiger charge is 2.36. The number of unbranched alkanes of at least 4 members (excludes halogenated alkanes) is 13. The van der Waals surface area contributed by atoms with Crippen LogP contribution in [0, 0.1) is 0 Å². The number of alkyl halides is 3. The lowest BCUT2D eigenvalue weighted by atomic mass is 10.0. The van der Waals surface area contributed by atoms with E-state index in [-0.39, 0.29) is 6.42 Å². The summed E-state index contributed by atoms with van der Waals surface area (Å²) in [6, 6.07) is 0. The molecule has 0 spiro atoms. The van der Waals surface area contributed by atoms with Crippen LogP contribution in [0.15, 0.2) is 0 Å². The number of halogens is 3. The largest absolute Gasteiger partial charge is 0.455 e. The smallest absolute Gasteiger partial charge is 0.422 e. The second kappa shape index (κ2) is 15.9. The Labute approximate surface area is 173 Å². The van der Waals surface area contributed by atoms with Crippen LogP contribution in [-0.4, -0.2) is 37.0 Å². The molecule has 1 N–H and O–H groups in total. The number of hydrogen-bond acceptors (Lipinski definition) is 4. The van der Waals surface area contributed by atoms with Gasteiger partial charge in [-0.1, -0.05) is 96.8 Å². The van der Waals surface area contributed by atoms with Gasteiger partial charge in [-0.05, 0) is 6.42 Å². The normalized spacial score (nSPS) is 13.4. The van der Waals surface area contributed by atoms with Crippen molar-refractivity contribution in [1.29, 1.82) is 0 Å². The number of carbonyl (C=O) groups is 1. The van der Waals surface area contributed by atoms with Gasteiger partial charge in [-0.3, -0.25) is 9.35 Å². The molecule has 174 valence electrons. The highest BCUT2D eigenvalue weighted by molar-refractivity contribution is 7.87. The van der Waals surface area contributed by atoms with Crippen LogP contribution in [0.5, 0.6) is 0 Å². The lowest BCUT2D eigenvalue weighted by Crippen LogP contribution is -2.34. The first-order valence-electron chi connectivity index (χ1n) is 10.8. The van der Waals surface area contributed by atoms with Crippen LogP contribution in [0.25, 0.3) is 0 Å². The fourth-order valence-corrected chi connectivity index (χ4v) is 3.93. The van der Waals surface area contributed by atoms with E-state index in [0.29, 0.717) is 12.8 Å². The zero-order valence-electron chi connectivity index (χ0n) is 17.5. The Morgan fingerprint density at radius 2 is 1.21 bits per heavy atom. The molecule has 5 nitrogen and oxygen atoms in total. The average molecular weight is 447 g/mol. The molecule has 9 heteroatoms. The van der Waals surface area contributed by atoms with Crippen LogP contribution in [0.2, 0.25) is 0 Å². The summed E-state index contributed by atoms with van der Waals surface area (Å²) < 4.78 is 71.7. The highest BCUT2D eigenvalue weighted by atomic mass is 32.2. The van der Waals surface area contributed by atoms with Crippen molar-refractivity contribution in [1.82, 2.24) is 0 Å². The minimum atomic E-state index is -4.79. The number of ether oxygens (including phenoxy) is 1. The molecule has 0 saturated heterocycles. The quantitative estimate of drug-likeness (QED) is 0.154. The van der Waals surface area contributed by atoms with Crippen LogP contribution < -0.4 is 0 Å². The van der Waals surface area contributed by atoms with Crippen molar-refractivity contribution >= 4 is 16.1 Å². The van der Waals surface area contributed by atoms with Crippen LogP contribution in [-0.2, 0) is 19.6 Å². The fraction of sp³-hybridized carbons (Fsp3) is 0.950. The number of esters is 1. The second-order valence-electron chi connectivity index (χ2n) is 7.61. The van der Waals surface area contributed by atoms with Gasteiger partial charge in [0.15, 0.2) is 11.9 Å². The summed E-state index contributed by atoms with van der Waals surface area (Å²) in [7, 11) is -4.79. The maximum atomic E-state index is 12.1. The van der Waals surface area contributed by atoms with Crippen molar-refractivity contribution in [2.45, 2.75) is 115 Å². The van der Waals surface area contributed by atoms with E-state index in [2.05, 4.69) is 11.7 Å². The average Bonchev–Trinajstić information content (AvgIpc) is 2.61. The molecule has 0 fully saturated rings. The lowest BCUT2D eigenvalue weighted by Gasteiger charge is -2.14. The van der Waals surface area contributed by atoms with Gasteiger partial charge >= 0.3 is 12.1 Å². The van der Waals surface area contributed by atoms with Crippen LogP contribution in [0.4, 0.5) is 13.2 Å². The molecule has 0 saturated carbocycles. The van der Waals surface area contributed by atoms with Gasteiger partial charge in [0.25, 0.3) is 10.1 Å². The summed E-state index contributed by atoms with van der Waals surface area (Å²) in [6.45, 7) is 0.343. The summed E-state index contributed by atoms with van der Waals surface area (Å²) in [5.74, 6) is -1.56. The molecule has 0 aromatic carbocycles. The third kappa shape index (κ3) is 17.7. The number of rotatable bonds is 18. The van der Waals surface area contributed by atoms with E-state index >= 15 is 0 Å². The second-order valence-corrected chi connectivity index (χ2v) is 9.21. The van der Waals surface area contributed by atoms with Gasteiger partial charge in [0.1, 0.15) is 0 Å². The van der Waals surface area contributed by atoms with Crippen molar-refractivity contribution in [2.75, 3.05) is 6.61 Å². The van der Waals surface area contributed by atoms with E-state index in [1.165, 1.54) is 51.4 Å². The van der Waals surface area contributed by atoms with Gasteiger partial charge in [-0.25, -0.2) is 0 Å². The van der Waals surface area contributed by atoms with E-state index < -0.39 is 34.1 Å².